The Labute approximate surface area is 139 Å². The van der Waals surface area contributed by atoms with Crippen molar-refractivity contribution in [3.05, 3.63) is 44.6 Å². The van der Waals surface area contributed by atoms with Crippen LogP contribution < -0.4 is 9.46 Å². The maximum Gasteiger partial charge on any atom is 0.387 e. The molecule has 0 unspecified atom stereocenters. The average molecular weight is 388 g/mol. The second kappa shape index (κ2) is 7.10. The molecule has 0 atom stereocenters. The van der Waals surface area contributed by atoms with Gasteiger partial charge in [0.05, 0.1) is 4.34 Å². The summed E-state index contributed by atoms with van der Waals surface area (Å²) in [4.78, 5) is -0.121. The van der Waals surface area contributed by atoms with Crippen molar-refractivity contribution < 1.29 is 21.9 Å². The van der Waals surface area contributed by atoms with Crippen molar-refractivity contribution in [3.8, 4) is 5.75 Å². The number of halogens is 4. The normalized spacial score (nSPS) is 11.9. The van der Waals surface area contributed by atoms with Gasteiger partial charge in [-0.15, -0.1) is 11.3 Å². The van der Waals surface area contributed by atoms with Crippen molar-refractivity contribution in [2.45, 2.75) is 18.1 Å². The van der Waals surface area contributed by atoms with E-state index in [0.29, 0.717) is 5.56 Å². The van der Waals surface area contributed by atoms with E-state index in [1.807, 2.05) is 0 Å². The Bertz CT molecular complexity index is 765. The maximum absolute atomic E-state index is 12.1. The highest BCUT2D eigenvalue weighted by Gasteiger charge is 2.20. The number of alkyl halides is 2. The second-order valence-corrected chi connectivity index (χ2v) is 8.06. The molecule has 0 saturated carbocycles. The predicted octanol–water partition coefficient (Wildman–Crippen LogP) is 4.13. The van der Waals surface area contributed by atoms with Crippen LogP contribution in [0.5, 0.6) is 5.75 Å². The Morgan fingerprint density at radius 3 is 2.59 bits per heavy atom. The zero-order valence-corrected chi connectivity index (χ0v) is 13.9. The molecule has 0 aliphatic carbocycles. The third-order valence-corrected chi connectivity index (χ3v) is 5.66. The highest BCUT2D eigenvalue weighted by molar-refractivity contribution is 7.89. The van der Waals surface area contributed by atoms with E-state index in [9.17, 15) is 17.2 Å². The molecule has 1 aromatic carbocycles. The summed E-state index contributed by atoms with van der Waals surface area (Å²) in [5.74, 6) is -0.0525. The highest BCUT2D eigenvalue weighted by Crippen LogP contribution is 2.34. The number of rotatable bonds is 6. The van der Waals surface area contributed by atoms with E-state index in [2.05, 4.69) is 9.46 Å². The molecule has 1 N–H and O–H groups in total. The minimum absolute atomic E-state index is 0.0484. The molecule has 4 nitrogen and oxygen atoms in total. The first kappa shape index (κ1) is 17.4. The lowest BCUT2D eigenvalue weighted by Crippen LogP contribution is -2.23. The third-order valence-electron chi connectivity index (χ3n) is 2.50. The van der Waals surface area contributed by atoms with Gasteiger partial charge >= 0.3 is 6.61 Å². The average Bonchev–Trinajstić information content (AvgIpc) is 2.76. The van der Waals surface area contributed by atoms with Gasteiger partial charge in [0.15, 0.2) is 0 Å². The molecule has 0 saturated heterocycles. The molecule has 0 fully saturated rings. The lowest BCUT2D eigenvalue weighted by molar-refractivity contribution is -0.0498. The first-order valence-corrected chi connectivity index (χ1v) is 8.82. The van der Waals surface area contributed by atoms with Crippen LogP contribution in [0.1, 0.15) is 5.56 Å². The van der Waals surface area contributed by atoms with E-state index in [1.165, 1.54) is 24.3 Å². The van der Waals surface area contributed by atoms with E-state index in [-0.39, 0.29) is 25.9 Å². The highest BCUT2D eigenvalue weighted by atomic mass is 35.5. The van der Waals surface area contributed by atoms with Crippen molar-refractivity contribution in [2.24, 2.45) is 0 Å². The van der Waals surface area contributed by atoms with Crippen molar-refractivity contribution in [3.63, 3.8) is 0 Å². The fraction of sp³-hybridized carbons (Fsp3) is 0.167. The lowest BCUT2D eigenvalue weighted by Gasteiger charge is -2.08. The molecular formula is C12H9Cl2F2NO3S2. The predicted molar refractivity (Wildman–Crippen MR) is 81.4 cm³/mol. The molecule has 10 heteroatoms. The van der Waals surface area contributed by atoms with Gasteiger partial charge in [-0.05, 0) is 23.8 Å². The molecule has 2 aromatic rings. The van der Waals surface area contributed by atoms with Crippen LogP contribution in [-0.2, 0) is 16.6 Å². The van der Waals surface area contributed by atoms with Crippen LogP contribution in [0.15, 0.2) is 35.2 Å². The van der Waals surface area contributed by atoms with Gasteiger partial charge in [-0.2, -0.15) is 8.78 Å². The summed E-state index contributed by atoms with van der Waals surface area (Å²) in [5, 5.41) is 0. The lowest BCUT2D eigenvalue weighted by atomic mass is 10.2. The standard InChI is InChI=1S/C12H9Cl2F2NO3S2/c13-10-5-9(11(14)21-10)22(18,19)17-6-7-2-1-3-8(4-7)20-12(15)16/h1-5,12,17H,6H2. The molecule has 1 heterocycles. The van der Waals surface area contributed by atoms with Crippen LogP contribution >= 0.6 is 34.5 Å². The Balaban J connectivity index is 2.11. The van der Waals surface area contributed by atoms with Gasteiger partial charge < -0.3 is 4.74 Å². The number of hydrogen-bond acceptors (Lipinski definition) is 4. The van der Waals surface area contributed by atoms with E-state index in [0.717, 1.165) is 11.3 Å². The SMILES string of the molecule is O=S(=O)(NCc1cccc(OC(F)F)c1)c1cc(Cl)sc1Cl. The molecule has 0 aliphatic rings. The van der Waals surface area contributed by atoms with E-state index in [4.69, 9.17) is 23.2 Å². The maximum atomic E-state index is 12.1. The molecule has 1 aromatic heterocycles. The summed E-state index contributed by atoms with van der Waals surface area (Å²) in [6.07, 6.45) is 0. The number of hydrogen-bond donors (Lipinski definition) is 1. The summed E-state index contributed by atoms with van der Waals surface area (Å²) >= 11 is 12.5. The van der Waals surface area contributed by atoms with Crippen LogP contribution in [-0.4, -0.2) is 15.0 Å². The van der Waals surface area contributed by atoms with Gasteiger partial charge in [-0.25, -0.2) is 13.1 Å². The minimum Gasteiger partial charge on any atom is -0.435 e. The van der Waals surface area contributed by atoms with Crippen LogP contribution in [0.3, 0.4) is 0 Å². The quantitative estimate of drug-likeness (QED) is 0.810. The summed E-state index contributed by atoms with van der Waals surface area (Å²) in [6.45, 7) is -3.05. The Morgan fingerprint density at radius 1 is 1.27 bits per heavy atom. The molecule has 0 amide bonds. The fourth-order valence-corrected chi connectivity index (χ4v) is 4.76. The third kappa shape index (κ3) is 4.53. The molecule has 0 spiro atoms. The Hall–Kier alpha value is -0.930. The van der Waals surface area contributed by atoms with Crippen molar-refractivity contribution >= 4 is 44.6 Å². The molecule has 120 valence electrons. The number of ether oxygens (including phenoxy) is 1. The monoisotopic (exact) mass is 387 g/mol. The number of nitrogens with one attached hydrogen (secondary N) is 1. The number of benzene rings is 1. The largest absolute Gasteiger partial charge is 0.435 e. The smallest absolute Gasteiger partial charge is 0.387 e. The van der Waals surface area contributed by atoms with Crippen LogP contribution in [0.4, 0.5) is 8.78 Å². The van der Waals surface area contributed by atoms with Gasteiger partial charge in [0.25, 0.3) is 0 Å². The topological polar surface area (TPSA) is 55.4 Å². The van der Waals surface area contributed by atoms with Crippen LogP contribution in [0.2, 0.25) is 8.67 Å². The fourth-order valence-electron chi connectivity index (χ4n) is 1.60. The summed E-state index contributed by atoms with van der Waals surface area (Å²) < 4.78 is 55.3. The van der Waals surface area contributed by atoms with Gasteiger partial charge in [-0.3, -0.25) is 0 Å². The van der Waals surface area contributed by atoms with Gasteiger partial charge in [-0.1, -0.05) is 35.3 Å². The van der Waals surface area contributed by atoms with Gasteiger partial charge in [0.2, 0.25) is 10.0 Å². The Kier molecular flexibility index (Phi) is 5.62. The summed E-state index contributed by atoms with van der Waals surface area (Å²) in [6, 6.07) is 6.96. The van der Waals surface area contributed by atoms with E-state index in [1.54, 1.807) is 6.07 Å². The molecule has 0 radical (unpaired) electrons. The molecule has 0 aliphatic heterocycles. The second-order valence-electron chi connectivity index (χ2n) is 4.04. The number of thiophene rings is 1. The first-order chi connectivity index (χ1) is 10.3. The summed E-state index contributed by atoms with van der Waals surface area (Å²) in [7, 11) is -3.85. The molecule has 22 heavy (non-hydrogen) atoms. The van der Waals surface area contributed by atoms with Crippen molar-refractivity contribution in [1.82, 2.24) is 4.72 Å². The molecular weight excluding hydrogens is 379 g/mol. The Morgan fingerprint density at radius 2 is 2.00 bits per heavy atom. The first-order valence-electron chi connectivity index (χ1n) is 5.76. The van der Waals surface area contributed by atoms with Gasteiger partial charge in [0.1, 0.15) is 15.0 Å². The summed E-state index contributed by atoms with van der Waals surface area (Å²) in [5.41, 5.74) is 0.458. The zero-order chi connectivity index (χ0) is 16.3. The van der Waals surface area contributed by atoms with Crippen LogP contribution in [0.25, 0.3) is 0 Å². The van der Waals surface area contributed by atoms with E-state index >= 15 is 0 Å². The minimum atomic E-state index is -3.85. The van der Waals surface area contributed by atoms with Crippen LogP contribution in [0, 0.1) is 0 Å². The van der Waals surface area contributed by atoms with Crippen molar-refractivity contribution in [1.29, 1.82) is 0 Å². The molecule has 0 bridgehead atoms. The van der Waals surface area contributed by atoms with Crippen molar-refractivity contribution in [2.75, 3.05) is 0 Å². The molecule has 2 rings (SSSR count). The zero-order valence-electron chi connectivity index (χ0n) is 10.7. The number of sulfonamides is 1. The van der Waals surface area contributed by atoms with E-state index < -0.39 is 16.6 Å². The van der Waals surface area contributed by atoms with Gasteiger partial charge in [0, 0.05) is 6.54 Å².